The third kappa shape index (κ3) is 4.59. The number of nitrogens with zero attached hydrogens (tertiary/aromatic N) is 3. The quantitative estimate of drug-likeness (QED) is 0.429. The number of para-hydroxylation sites is 3. The highest BCUT2D eigenvalue weighted by Crippen LogP contribution is 2.10. The third-order valence-corrected chi connectivity index (χ3v) is 3.31. The molecule has 2 heterocycles. The Morgan fingerprint density at radius 1 is 0.583 bits per heavy atom. The summed E-state index contributed by atoms with van der Waals surface area (Å²) >= 11 is 0. The van der Waals surface area contributed by atoms with Crippen molar-refractivity contribution in [3.05, 3.63) is 78.2 Å². The van der Waals surface area contributed by atoms with Crippen LogP contribution in [-0.2, 0) is 0 Å². The van der Waals surface area contributed by atoms with Crippen LogP contribution in [0.1, 0.15) is 25.2 Å². The van der Waals surface area contributed by atoms with E-state index in [1.165, 1.54) is 5.39 Å². The highest BCUT2D eigenvalue weighted by Gasteiger charge is 1.93. The zero-order valence-corrected chi connectivity index (χ0v) is 14.7. The molecule has 0 atom stereocenters. The molecule has 4 rings (SSSR count). The molecule has 0 fully saturated rings. The summed E-state index contributed by atoms with van der Waals surface area (Å²) in [5.41, 5.74) is 5.03. The van der Waals surface area contributed by atoms with Gasteiger partial charge in [-0.3, -0.25) is 9.97 Å². The van der Waals surface area contributed by atoms with E-state index in [9.17, 15) is 0 Å². The van der Waals surface area contributed by atoms with Crippen LogP contribution in [0.5, 0.6) is 0 Å². The van der Waals surface area contributed by atoms with Gasteiger partial charge in [-0.2, -0.15) is 0 Å². The second-order valence-corrected chi connectivity index (χ2v) is 5.15. The fraction of sp³-hybridized carbons (Fsp3) is 0.190. The molecule has 0 aliphatic heterocycles. The molecule has 4 aromatic rings. The summed E-state index contributed by atoms with van der Waals surface area (Å²) in [6, 6.07) is 20.1. The maximum absolute atomic E-state index is 4.38. The molecule has 0 N–H and O–H groups in total. The first-order chi connectivity index (χ1) is 11.7. The number of hydrogen-bond donors (Lipinski definition) is 0. The van der Waals surface area contributed by atoms with E-state index in [0.717, 1.165) is 27.9 Å². The predicted molar refractivity (Wildman–Crippen MR) is 102 cm³/mol. The van der Waals surface area contributed by atoms with Gasteiger partial charge in [-0.25, -0.2) is 4.98 Å². The normalized spacial score (nSPS) is 9.67. The van der Waals surface area contributed by atoms with Gasteiger partial charge >= 0.3 is 0 Å². The highest BCUT2D eigenvalue weighted by molar-refractivity contribution is 5.78. The number of pyridine rings is 1. The lowest BCUT2D eigenvalue weighted by Crippen LogP contribution is -1.85. The molecular weight excluding hydrogens is 294 g/mol. The summed E-state index contributed by atoms with van der Waals surface area (Å²) in [5.74, 6) is 0. The van der Waals surface area contributed by atoms with E-state index in [1.807, 2.05) is 76.2 Å². The van der Waals surface area contributed by atoms with Crippen LogP contribution in [0, 0.1) is 13.8 Å². The molecule has 0 radical (unpaired) electrons. The molecule has 0 saturated heterocycles. The fourth-order valence-electron chi connectivity index (χ4n) is 2.22. The summed E-state index contributed by atoms with van der Waals surface area (Å²) < 4.78 is 0. The van der Waals surface area contributed by atoms with Gasteiger partial charge in [-0.05, 0) is 38.1 Å². The second-order valence-electron chi connectivity index (χ2n) is 5.15. The van der Waals surface area contributed by atoms with E-state index in [2.05, 4.69) is 27.1 Å². The average Bonchev–Trinajstić information content (AvgIpc) is 2.64. The maximum Gasteiger partial charge on any atom is 0.0889 e. The standard InChI is InChI=1S/C10H9N.C9H8N2.C2H6/c1-8-6-7-9-4-2-3-5-10(9)11-8;1-7-6-10-8-4-2-3-5-9(8)11-7;1-2/h2-7H,1H3;2-6H,1H3;1-2H3. The minimum Gasteiger partial charge on any atom is -0.253 e. The zero-order chi connectivity index (χ0) is 17.4. The Balaban J connectivity index is 0.000000158. The summed E-state index contributed by atoms with van der Waals surface area (Å²) in [4.78, 5) is 12.9. The maximum atomic E-state index is 4.38. The molecule has 0 amide bonds. The van der Waals surface area contributed by atoms with E-state index in [0.29, 0.717) is 0 Å². The molecular formula is C21H23N3. The van der Waals surface area contributed by atoms with E-state index in [4.69, 9.17) is 0 Å². The molecule has 0 spiro atoms. The van der Waals surface area contributed by atoms with Crippen LogP contribution in [0.15, 0.2) is 66.9 Å². The minimum atomic E-state index is 0.957. The van der Waals surface area contributed by atoms with Gasteiger partial charge in [0.25, 0.3) is 0 Å². The Morgan fingerprint density at radius 3 is 1.92 bits per heavy atom. The molecule has 2 aromatic carbocycles. The monoisotopic (exact) mass is 317 g/mol. The Kier molecular flexibility index (Phi) is 6.38. The van der Waals surface area contributed by atoms with Gasteiger partial charge in [0.15, 0.2) is 0 Å². The Bertz CT molecular complexity index is 839. The first-order valence-electron chi connectivity index (χ1n) is 8.23. The largest absolute Gasteiger partial charge is 0.253 e. The SMILES string of the molecule is CC.Cc1ccc2ccccc2n1.Cc1cnc2ccccc2n1. The summed E-state index contributed by atoms with van der Waals surface area (Å²) in [6.45, 7) is 7.95. The second kappa shape index (κ2) is 8.73. The van der Waals surface area contributed by atoms with Crippen molar-refractivity contribution in [2.45, 2.75) is 27.7 Å². The molecule has 0 unspecified atom stereocenters. The topological polar surface area (TPSA) is 38.7 Å². The predicted octanol–water partition coefficient (Wildman–Crippen LogP) is 5.51. The number of benzene rings is 2. The fourth-order valence-corrected chi connectivity index (χ4v) is 2.22. The molecule has 2 aromatic heterocycles. The number of fused-ring (bicyclic) bond motifs is 2. The molecule has 0 bridgehead atoms. The van der Waals surface area contributed by atoms with Crippen LogP contribution in [0.4, 0.5) is 0 Å². The van der Waals surface area contributed by atoms with Crippen molar-refractivity contribution < 1.29 is 0 Å². The van der Waals surface area contributed by atoms with Crippen molar-refractivity contribution in [3.63, 3.8) is 0 Å². The Labute approximate surface area is 143 Å². The Hall–Kier alpha value is -2.81. The van der Waals surface area contributed by atoms with E-state index >= 15 is 0 Å². The lowest BCUT2D eigenvalue weighted by atomic mass is 10.2. The Morgan fingerprint density at radius 2 is 1.17 bits per heavy atom. The number of hydrogen-bond acceptors (Lipinski definition) is 3. The van der Waals surface area contributed by atoms with Crippen LogP contribution in [-0.4, -0.2) is 15.0 Å². The van der Waals surface area contributed by atoms with Crippen molar-refractivity contribution in [2.75, 3.05) is 0 Å². The van der Waals surface area contributed by atoms with Crippen LogP contribution in [0.2, 0.25) is 0 Å². The zero-order valence-electron chi connectivity index (χ0n) is 14.7. The molecule has 122 valence electrons. The van der Waals surface area contributed by atoms with Crippen molar-refractivity contribution in [3.8, 4) is 0 Å². The smallest absolute Gasteiger partial charge is 0.0889 e. The van der Waals surface area contributed by atoms with E-state index < -0.39 is 0 Å². The molecule has 0 aliphatic carbocycles. The van der Waals surface area contributed by atoms with Crippen LogP contribution >= 0.6 is 0 Å². The van der Waals surface area contributed by atoms with Crippen molar-refractivity contribution in [2.24, 2.45) is 0 Å². The summed E-state index contributed by atoms with van der Waals surface area (Å²) in [6.07, 6.45) is 1.78. The number of rotatable bonds is 0. The van der Waals surface area contributed by atoms with Crippen LogP contribution in [0.3, 0.4) is 0 Å². The van der Waals surface area contributed by atoms with Crippen molar-refractivity contribution in [1.29, 1.82) is 0 Å². The van der Waals surface area contributed by atoms with Gasteiger partial charge in [0.2, 0.25) is 0 Å². The lowest BCUT2D eigenvalue weighted by molar-refractivity contribution is 1.19. The van der Waals surface area contributed by atoms with E-state index in [1.54, 1.807) is 6.20 Å². The van der Waals surface area contributed by atoms with Crippen molar-refractivity contribution in [1.82, 2.24) is 15.0 Å². The molecule has 3 nitrogen and oxygen atoms in total. The number of aromatic nitrogens is 3. The molecule has 0 aliphatic rings. The molecule has 3 heteroatoms. The van der Waals surface area contributed by atoms with E-state index in [-0.39, 0.29) is 0 Å². The van der Waals surface area contributed by atoms with Gasteiger partial charge in [-0.15, -0.1) is 0 Å². The first kappa shape index (κ1) is 17.5. The molecule has 24 heavy (non-hydrogen) atoms. The van der Waals surface area contributed by atoms with Gasteiger partial charge in [0.05, 0.1) is 22.2 Å². The number of aryl methyl sites for hydroxylation is 2. The average molecular weight is 317 g/mol. The van der Waals surface area contributed by atoms with Crippen molar-refractivity contribution >= 4 is 21.9 Å². The third-order valence-electron chi connectivity index (χ3n) is 3.31. The van der Waals surface area contributed by atoms with Crippen LogP contribution in [0.25, 0.3) is 21.9 Å². The van der Waals surface area contributed by atoms with Crippen LogP contribution < -0.4 is 0 Å². The minimum absolute atomic E-state index is 0.957. The highest BCUT2D eigenvalue weighted by atomic mass is 14.8. The summed E-state index contributed by atoms with van der Waals surface area (Å²) in [5, 5.41) is 1.21. The summed E-state index contributed by atoms with van der Waals surface area (Å²) in [7, 11) is 0. The lowest BCUT2D eigenvalue weighted by Gasteiger charge is -1.95. The van der Waals surface area contributed by atoms with Gasteiger partial charge in [-0.1, -0.05) is 50.2 Å². The van der Waals surface area contributed by atoms with Gasteiger partial charge in [0, 0.05) is 17.3 Å². The van der Waals surface area contributed by atoms with Gasteiger partial charge < -0.3 is 0 Å². The first-order valence-corrected chi connectivity index (χ1v) is 8.23. The van der Waals surface area contributed by atoms with Gasteiger partial charge in [0.1, 0.15) is 0 Å². The molecule has 0 saturated carbocycles.